The average molecular weight is 917 g/mol. The van der Waals surface area contributed by atoms with Crippen molar-refractivity contribution in [1.29, 1.82) is 0 Å². The molecule has 0 bridgehead atoms. The Morgan fingerprint density at radius 1 is 0.559 bits per heavy atom. The van der Waals surface area contributed by atoms with E-state index in [1.807, 2.05) is 81.4 Å². The van der Waals surface area contributed by atoms with E-state index in [1.165, 1.54) is 33.5 Å². The minimum absolute atomic E-state index is 0. The number of H-pyrrole nitrogens is 4. The maximum Gasteiger partial charge on any atom is 0.336 e. The quantitative estimate of drug-likeness (QED) is 0.0832. The third-order valence-corrected chi connectivity index (χ3v) is 13.0. The lowest BCUT2D eigenvalue weighted by atomic mass is 9.97. The number of anilines is 3. The van der Waals surface area contributed by atoms with Crippen LogP contribution in [0.15, 0.2) is 72.8 Å². The van der Waals surface area contributed by atoms with Gasteiger partial charge in [0.25, 0.3) is 11.8 Å². The van der Waals surface area contributed by atoms with Crippen LogP contribution in [0.5, 0.6) is 0 Å². The standard InChI is InChI=1S/2C17H18N4O.C10H9NO2.C7H11N3.CH4/c1-10-9-13-11(6-4-7-14(13)19-10)17(22)21-15-8-3-2-5-12(15)16(18)20-21;1-10-9-13-11(6-4-8-14(13)19-10)17(22)21-16(18)12-5-2-3-7-15(12)20-21;1-6-5-8-7(10(12)13)3-2-4-9(8)11-6;8-7-5-3-1-2-4-6(5)9-10-7;/h4,6-7,9,19H,2-3,5,8H2,1H3,(H2,18,20);4,6,8-9,19H,2-3,5,7,18H2,1H3;2-5,11H,1H3,(H,12,13);1-4H2,(H3,8,9,10);1H4. The third-order valence-electron chi connectivity index (χ3n) is 13.0. The summed E-state index contributed by atoms with van der Waals surface area (Å²) in [4.78, 5) is 46.3. The molecule has 0 amide bonds. The number of benzene rings is 3. The number of nitrogen functional groups attached to an aromatic ring is 3. The summed E-state index contributed by atoms with van der Waals surface area (Å²) in [5.41, 5.74) is 31.9. The van der Waals surface area contributed by atoms with Gasteiger partial charge >= 0.3 is 5.97 Å². The molecule has 352 valence electrons. The number of carboxylic acids is 1. The molecule has 12 rings (SSSR count). The van der Waals surface area contributed by atoms with Crippen LogP contribution in [0.4, 0.5) is 17.5 Å². The molecular weight excluding hydrogens is 857 g/mol. The first-order valence-electron chi connectivity index (χ1n) is 23.0. The monoisotopic (exact) mass is 916 g/mol. The summed E-state index contributed by atoms with van der Waals surface area (Å²) in [5.74, 6) is 0.569. The van der Waals surface area contributed by atoms with Gasteiger partial charge in [0.05, 0.1) is 28.1 Å². The van der Waals surface area contributed by atoms with E-state index < -0.39 is 5.97 Å². The van der Waals surface area contributed by atoms with E-state index >= 15 is 0 Å². The summed E-state index contributed by atoms with van der Waals surface area (Å²) < 4.78 is 2.90. The number of fused-ring (bicyclic) bond motifs is 6. The predicted octanol–water partition coefficient (Wildman–Crippen LogP) is 9.33. The van der Waals surface area contributed by atoms with Gasteiger partial charge in [0, 0.05) is 72.2 Å². The van der Waals surface area contributed by atoms with E-state index in [0.29, 0.717) is 34.1 Å². The van der Waals surface area contributed by atoms with Gasteiger partial charge in [-0.25, -0.2) is 4.79 Å². The molecule has 0 aliphatic heterocycles. The molecule has 3 aromatic carbocycles. The molecule has 0 saturated carbocycles. The molecule has 3 aliphatic carbocycles. The van der Waals surface area contributed by atoms with E-state index in [1.54, 1.807) is 12.1 Å². The molecule has 0 saturated heterocycles. The van der Waals surface area contributed by atoms with Gasteiger partial charge in [0.1, 0.15) is 17.5 Å². The van der Waals surface area contributed by atoms with Gasteiger partial charge in [-0.15, -0.1) is 5.10 Å². The molecule has 16 heteroatoms. The molecule has 16 nitrogen and oxygen atoms in total. The number of aromatic carboxylic acids is 1. The molecule has 6 aromatic heterocycles. The minimum atomic E-state index is -0.885. The number of nitrogens with one attached hydrogen (secondary N) is 4. The van der Waals surface area contributed by atoms with Gasteiger partial charge in [0.2, 0.25) is 0 Å². The van der Waals surface area contributed by atoms with Crippen molar-refractivity contribution in [1.82, 2.24) is 44.7 Å². The van der Waals surface area contributed by atoms with Gasteiger partial charge in [-0.1, -0.05) is 25.6 Å². The van der Waals surface area contributed by atoms with Crippen LogP contribution in [-0.4, -0.2) is 67.6 Å². The number of carbonyl (C=O) groups is 3. The summed E-state index contributed by atoms with van der Waals surface area (Å²) in [6.45, 7) is 5.88. The number of aromatic nitrogens is 9. The molecule has 0 spiro atoms. The number of carboxylic acid groups (broad SMARTS) is 1. The number of aryl methyl sites for hydroxylation is 5. The van der Waals surface area contributed by atoms with E-state index in [9.17, 15) is 14.4 Å². The van der Waals surface area contributed by atoms with E-state index in [2.05, 4.69) is 35.3 Å². The highest BCUT2D eigenvalue weighted by Gasteiger charge is 2.26. The Hall–Kier alpha value is -7.88. The molecule has 0 unspecified atom stereocenters. The van der Waals surface area contributed by atoms with Crippen LogP contribution in [0, 0.1) is 20.8 Å². The second-order valence-corrected chi connectivity index (χ2v) is 17.7. The highest BCUT2D eigenvalue weighted by molar-refractivity contribution is 6.09. The van der Waals surface area contributed by atoms with E-state index in [-0.39, 0.29) is 19.2 Å². The van der Waals surface area contributed by atoms with Crippen LogP contribution in [0.3, 0.4) is 0 Å². The number of rotatable bonds is 3. The second-order valence-electron chi connectivity index (χ2n) is 17.7. The van der Waals surface area contributed by atoms with Crippen molar-refractivity contribution in [3.05, 3.63) is 140 Å². The van der Waals surface area contributed by atoms with Crippen molar-refractivity contribution < 1.29 is 19.5 Å². The molecule has 0 fully saturated rings. The number of hydrogen-bond donors (Lipinski definition) is 8. The molecule has 6 heterocycles. The fourth-order valence-electron chi connectivity index (χ4n) is 9.71. The SMILES string of the molecule is C.Cc1cc2c(C(=O)O)cccc2[nH]1.Cc1cc2c(C(=O)n3nc(N)c4c3CCCC4)cccc2[nH]1.Cc1cc2c(C(=O)n3nc4c(c3N)CCCC4)cccc2[nH]1.Nc1n[nH]c2c1CCCC2. The summed E-state index contributed by atoms with van der Waals surface area (Å²) >= 11 is 0. The van der Waals surface area contributed by atoms with Crippen LogP contribution in [0.2, 0.25) is 0 Å². The first-order chi connectivity index (χ1) is 32.4. The maximum atomic E-state index is 13.0. The number of carbonyl (C=O) groups excluding carboxylic acids is 2. The third kappa shape index (κ3) is 9.13. The zero-order valence-electron chi connectivity index (χ0n) is 38.1. The van der Waals surface area contributed by atoms with Gasteiger partial charge in [-0.2, -0.15) is 19.6 Å². The maximum absolute atomic E-state index is 13.0. The number of nitrogens with two attached hydrogens (primary N) is 3. The molecule has 9 aromatic rings. The Morgan fingerprint density at radius 3 is 1.57 bits per heavy atom. The van der Waals surface area contributed by atoms with Crippen molar-refractivity contribution in [2.45, 2.75) is 105 Å². The van der Waals surface area contributed by atoms with Crippen molar-refractivity contribution in [2.75, 3.05) is 17.2 Å². The largest absolute Gasteiger partial charge is 0.478 e. The van der Waals surface area contributed by atoms with Crippen molar-refractivity contribution in [3.8, 4) is 0 Å². The van der Waals surface area contributed by atoms with Gasteiger partial charge in [-0.3, -0.25) is 14.7 Å². The fraction of sp³-hybridized carbons (Fsp3) is 0.308. The van der Waals surface area contributed by atoms with Crippen molar-refractivity contribution in [2.24, 2.45) is 0 Å². The highest BCUT2D eigenvalue weighted by Crippen LogP contribution is 2.30. The van der Waals surface area contributed by atoms with Crippen LogP contribution in [0.1, 0.15) is 128 Å². The first kappa shape index (κ1) is 46.6. The smallest absolute Gasteiger partial charge is 0.336 e. The van der Waals surface area contributed by atoms with Gasteiger partial charge in [0.15, 0.2) is 0 Å². The van der Waals surface area contributed by atoms with Gasteiger partial charge in [-0.05, 0) is 152 Å². The predicted molar refractivity (Wildman–Crippen MR) is 268 cm³/mol. The average Bonchev–Trinajstić information content (AvgIpc) is 4.20. The number of aromatic amines is 4. The van der Waals surface area contributed by atoms with Crippen LogP contribution in [0.25, 0.3) is 32.7 Å². The molecule has 0 radical (unpaired) electrons. The lowest BCUT2D eigenvalue weighted by Gasteiger charge is -2.13. The molecular formula is C52H60N12O4. The number of hydrogen-bond acceptors (Lipinski definition) is 9. The normalized spacial score (nSPS) is 13.7. The molecule has 3 aliphatic rings. The summed E-state index contributed by atoms with van der Waals surface area (Å²) in [7, 11) is 0. The molecule has 68 heavy (non-hydrogen) atoms. The van der Waals surface area contributed by atoms with Crippen LogP contribution in [-0.2, 0) is 38.5 Å². The Labute approximate surface area is 393 Å². The van der Waals surface area contributed by atoms with Crippen molar-refractivity contribution >= 4 is 67.9 Å². The van der Waals surface area contributed by atoms with E-state index in [0.717, 1.165) is 137 Å². The highest BCUT2D eigenvalue weighted by atomic mass is 16.4. The Balaban J connectivity index is 0.000000128. The summed E-state index contributed by atoms with van der Waals surface area (Å²) in [6.07, 6.45) is 12.8. The summed E-state index contributed by atoms with van der Waals surface area (Å²) in [5, 5.41) is 27.2. The molecule has 0 atom stereocenters. The lowest BCUT2D eigenvalue weighted by molar-refractivity contribution is 0.0698. The van der Waals surface area contributed by atoms with Gasteiger partial charge < -0.3 is 37.3 Å². The Kier molecular flexibility index (Phi) is 13.4. The topological polar surface area (TPSA) is 261 Å². The second kappa shape index (κ2) is 19.5. The minimum Gasteiger partial charge on any atom is -0.478 e. The Morgan fingerprint density at radius 2 is 1.03 bits per heavy atom. The summed E-state index contributed by atoms with van der Waals surface area (Å²) in [6, 6.07) is 22.5. The fourth-order valence-corrected chi connectivity index (χ4v) is 9.71. The van der Waals surface area contributed by atoms with Crippen LogP contribution >= 0.6 is 0 Å². The molecule has 11 N–H and O–H groups in total. The first-order valence-corrected chi connectivity index (χ1v) is 23.0. The zero-order chi connectivity index (χ0) is 46.9. The van der Waals surface area contributed by atoms with Crippen LogP contribution < -0.4 is 17.2 Å². The lowest BCUT2D eigenvalue weighted by Crippen LogP contribution is -2.18. The Bertz CT molecular complexity index is 3320. The van der Waals surface area contributed by atoms with E-state index in [4.69, 9.17) is 22.3 Å². The number of nitrogens with zero attached hydrogens (tertiary/aromatic N) is 5. The van der Waals surface area contributed by atoms with Crippen molar-refractivity contribution in [3.63, 3.8) is 0 Å². The zero-order valence-corrected chi connectivity index (χ0v) is 38.1.